The van der Waals surface area contributed by atoms with Crippen molar-refractivity contribution in [2.45, 2.75) is 25.3 Å². The number of para-hydroxylation sites is 2. The number of nitrogens with two attached hydrogens (primary N) is 1. The second-order valence-electron chi connectivity index (χ2n) is 4.91. The molecule has 3 rings (SSSR count). The summed E-state index contributed by atoms with van der Waals surface area (Å²) in [5.41, 5.74) is 7.57. The van der Waals surface area contributed by atoms with Crippen LogP contribution in [0.1, 0.15) is 19.3 Å². The average Bonchev–Trinajstić information content (AvgIpc) is 2.46. The average molecular weight is 277 g/mol. The topological polar surface area (TPSA) is 55.0 Å². The molecular weight excluding hydrogens is 260 g/mol. The summed E-state index contributed by atoms with van der Waals surface area (Å²) in [6, 6.07) is 8.11. The lowest BCUT2D eigenvalue weighted by atomic mass is 10.0. The van der Waals surface area contributed by atoms with Gasteiger partial charge in [-0.05, 0) is 31.4 Å². The van der Waals surface area contributed by atoms with Crippen molar-refractivity contribution >= 4 is 28.5 Å². The summed E-state index contributed by atoms with van der Waals surface area (Å²) in [4.78, 5) is 11.3. The lowest BCUT2D eigenvalue weighted by molar-refractivity contribution is 0.462. The van der Waals surface area contributed by atoms with E-state index in [0.717, 1.165) is 36.2 Å². The van der Waals surface area contributed by atoms with Crippen molar-refractivity contribution in [3.63, 3.8) is 0 Å². The van der Waals surface area contributed by atoms with Crippen LogP contribution in [0.5, 0.6) is 0 Å². The fourth-order valence-corrected chi connectivity index (χ4v) is 2.92. The number of anilines is 1. The van der Waals surface area contributed by atoms with Crippen LogP contribution >= 0.6 is 11.6 Å². The molecule has 0 amide bonds. The first-order chi connectivity index (χ1) is 9.29. The summed E-state index contributed by atoms with van der Waals surface area (Å²) in [6.07, 6.45) is 3.47. The third-order valence-electron chi connectivity index (χ3n) is 3.68. The number of rotatable bonds is 2. The van der Waals surface area contributed by atoms with Crippen molar-refractivity contribution in [2.24, 2.45) is 5.73 Å². The van der Waals surface area contributed by atoms with Crippen LogP contribution in [0.3, 0.4) is 0 Å². The highest BCUT2D eigenvalue weighted by molar-refractivity contribution is 6.32. The molecule has 2 heterocycles. The highest BCUT2D eigenvalue weighted by Gasteiger charge is 2.25. The van der Waals surface area contributed by atoms with Gasteiger partial charge in [-0.1, -0.05) is 23.7 Å². The molecule has 1 aliphatic rings. The van der Waals surface area contributed by atoms with Gasteiger partial charge in [0.25, 0.3) is 0 Å². The minimum absolute atomic E-state index is 0.321. The molecule has 4 nitrogen and oxygen atoms in total. The summed E-state index contributed by atoms with van der Waals surface area (Å²) in [5.74, 6) is 0.774. The number of halogens is 1. The van der Waals surface area contributed by atoms with E-state index in [-0.39, 0.29) is 0 Å². The van der Waals surface area contributed by atoms with Gasteiger partial charge in [0.2, 0.25) is 0 Å². The maximum Gasteiger partial charge on any atom is 0.172 e. The smallest absolute Gasteiger partial charge is 0.172 e. The number of hydrogen-bond acceptors (Lipinski definition) is 4. The van der Waals surface area contributed by atoms with Crippen LogP contribution in [0.2, 0.25) is 5.15 Å². The zero-order valence-corrected chi connectivity index (χ0v) is 11.5. The van der Waals surface area contributed by atoms with E-state index in [1.165, 1.54) is 6.42 Å². The summed E-state index contributed by atoms with van der Waals surface area (Å²) in [5, 5.41) is 0.471. The van der Waals surface area contributed by atoms with Crippen LogP contribution in [-0.4, -0.2) is 29.1 Å². The number of nitrogens with zero attached hydrogens (tertiary/aromatic N) is 3. The largest absolute Gasteiger partial charge is 0.350 e. The number of piperidine rings is 1. The van der Waals surface area contributed by atoms with Gasteiger partial charge in [0.15, 0.2) is 11.0 Å². The van der Waals surface area contributed by atoms with Gasteiger partial charge in [0.05, 0.1) is 11.0 Å². The molecule has 5 heteroatoms. The molecular formula is C14H17ClN4. The molecule has 0 spiro atoms. The Balaban J connectivity index is 2.05. The zero-order valence-electron chi connectivity index (χ0n) is 10.7. The molecule has 1 atom stereocenters. The molecule has 100 valence electrons. The van der Waals surface area contributed by atoms with Gasteiger partial charge in [-0.2, -0.15) is 0 Å². The maximum atomic E-state index is 6.30. The van der Waals surface area contributed by atoms with Crippen molar-refractivity contribution in [1.29, 1.82) is 0 Å². The number of fused-ring (bicyclic) bond motifs is 1. The molecule has 1 aromatic carbocycles. The first-order valence-corrected chi connectivity index (χ1v) is 7.06. The molecule has 19 heavy (non-hydrogen) atoms. The minimum atomic E-state index is 0.321. The van der Waals surface area contributed by atoms with Crippen molar-refractivity contribution in [3.8, 4) is 0 Å². The first-order valence-electron chi connectivity index (χ1n) is 6.68. The normalized spacial score (nSPS) is 19.9. The Bertz CT molecular complexity index is 587. The Morgan fingerprint density at radius 1 is 1.21 bits per heavy atom. The molecule has 0 bridgehead atoms. The van der Waals surface area contributed by atoms with Crippen LogP contribution in [0, 0.1) is 0 Å². The Hall–Kier alpha value is -1.39. The second kappa shape index (κ2) is 5.31. The lowest BCUT2D eigenvalue weighted by Gasteiger charge is -2.36. The Morgan fingerprint density at radius 3 is 2.68 bits per heavy atom. The van der Waals surface area contributed by atoms with Gasteiger partial charge in [-0.3, -0.25) is 0 Å². The van der Waals surface area contributed by atoms with Crippen LogP contribution in [0.25, 0.3) is 11.0 Å². The summed E-state index contributed by atoms with van der Waals surface area (Å²) < 4.78 is 0. The predicted molar refractivity (Wildman–Crippen MR) is 78.6 cm³/mol. The van der Waals surface area contributed by atoms with Gasteiger partial charge in [-0.15, -0.1) is 0 Å². The molecule has 0 radical (unpaired) electrons. The summed E-state index contributed by atoms with van der Waals surface area (Å²) >= 11 is 6.30. The fourth-order valence-electron chi connectivity index (χ4n) is 2.68. The van der Waals surface area contributed by atoms with Crippen molar-refractivity contribution < 1.29 is 0 Å². The molecule has 1 fully saturated rings. The zero-order chi connectivity index (χ0) is 13.2. The quantitative estimate of drug-likeness (QED) is 0.916. The minimum Gasteiger partial charge on any atom is -0.350 e. The van der Waals surface area contributed by atoms with Crippen LogP contribution < -0.4 is 10.6 Å². The molecule has 1 aliphatic heterocycles. The predicted octanol–water partition coefficient (Wildman–Crippen LogP) is 2.60. The Labute approximate surface area is 117 Å². The Kier molecular flexibility index (Phi) is 3.53. The summed E-state index contributed by atoms with van der Waals surface area (Å²) in [6.45, 7) is 1.58. The Morgan fingerprint density at radius 2 is 1.95 bits per heavy atom. The van der Waals surface area contributed by atoms with Crippen molar-refractivity contribution in [3.05, 3.63) is 29.4 Å². The van der Waals surface area contributed by atoms with E-state index in [1.54, 1.807) is 0 Å². The van der Waals surface area contributed by atoms with E-state index in [9.17, 15) is 0 Å². The second-order valence-corrected chi connectivity index (χ2v) is 5.26. The van der Waals surface area contributed by atoms with Crippen molar-refractivity contribution in [2.75, 3.05) is 18.0 Å². The van der Waals surface area contributed by atoms with E-state index >= 15 is 0 Å². The van der Waals surface area contributed by atoms with Crippen LogP contribution in [-0.2, 0) is 0 Å². The first kappa shape index (κ1) is 12.6. The standard InChI is InChI=1S/C14H17ClN4/c15-13-14(19-8-4-3-5-10(19)9-16)18-12-7-2-1-6-11(12)17-13/h1-2,6-7,10H,3-5,8-9,16H2/t10-/m0/s1. The van der Waals surface area contributed by atoms with Crippen LogP contribution in [0.4, 0.5) is 5.82 Å². The van der Waals surface area contributed by atoms with E-state index in [4.69, 9.17) is 17.3 Å². The highest BCUT2D eigenvalue weighted by Crippen LogP contribution is 2.29. The molecule has 1 aromatic heterocycles. The highest BCUT2D eigenvalue weighted by atomic mass is 35.5. The molecule has 0 saturated carbocycles. The molecule has 1 saturated heterocycles. The van der Waals surface area contributed by atoms with Gasteiger partial charge in [0, 0.05) is 19.1 Å². The molecule has 2 N–H and O–H groups in total. The van der Waals surface area contributed by atoms with Gasteiger partial charge in [-0.25, -0.2) is 9.97 Å². The lowest BCUT2D eigenvalue weighted by Crippen LogP contribution is -2.44. The third kappa shape index (κ3) is 2.38. The van der Waals surface area contributed by atoms with Gasteiger partial charge in [0.1, 0.15) is 0 Å². The van der Waals surface area contributed by atoms with E-state index < -0.39 is 0 Å². The SMILES string of the molecule is NC[C@@H]1CCCCN1c1nc2ccccc2nc1Cl. The monoisotopic (exact) mass is 276 g/mol. The van der Waals surface area contributed by atoms with E-state index in [0.29, 0.717) is 17.7 Å². The van der Waals surface area contributed by atoms with E-state index in [2.05, 4.69) is 14.9 Å². The number of aromatic nitrogens is 2. The van der Waals surface area contributed by atoms with Gasteiger partial charge < -0.3 is 10.6 Å². The molecule has 0 aliphatic carbocycles. The number of hydrogen-bond donors (Lipinski definition) is 1. The third-order valence-corrected chi connectivity index (χ3v) is 3.94. The van der Waals surface area contributed by atoms with Gasteiger partial charge >= 0.3 is 0 Å². The number of benzene rings is 1. The molecule has 0 unspecified atom stereocenters. The maximum absolute atomic E-state index is 6.30. The fraction of sp³-hybridized carbons (Fsp3) is 0.429. The van der Waals surface area contributed by atoms with Crippen molar-refractivity contribution in [1.82, 2.24) is 9.97 Å². The summed E-state index contributed by atoms with van der Waals surface area (Å²) in [7, 11) is 0. The van der Waals surface area contributed by atoms with E-state index in [1.807, 2.05) is 24.3 Å². The molecule has 2 aromatic rings. The van der Waals surface area contributed by atoms with Crippen LogP contribution in [0.15, 0.2) is 24.3 Å².